The Labute approximate surface area is 165 Å². The zero-order valence-electron chi connectivity index (χ0n) is 16.7. The summed E-state index contributed by atoms with van der Waals surface area (Å²) in [5.41, 5.74) is -0.111. The SMILES string of the molecule is COC(=O)[C@@H]1CC(=O)CN1C(=O)c1c(O)cccc1OCOCC[Si](C)(C)C. The minimum absolute atomic E-state index is 0.0758. The lowest BCUT2D eigenvalue weighted by Gasteiger charge is -2.23. The molecule has 1 aliphatic rings. The number of Topliss-reactive ketones (excluding diaryl/α,β-unsaturated/α-hetero) is 1. The Morgan fingerprint density at radius 2 is 2.00 bits per heavy atom. The van der Waals surface area contributed by atoms with Gasteiger partial charge in [-0.15, -0.1) is 0 Å². The van der Waals surface area contributed by atoms with Crippen LogP contribution in [0.4, 0.5) is 0 Å². The lowest BCUT2D eigenvalue weighted by atomic mass is 10.1. The number of rotatable bonds is 8. The van der Waals surface area contributed by atoms with Gasteiger partial charge in [-0.1, -0.05) is 25.7 Å². The maximum atomic E-state index is 13.0. The average Bonchev–Trinajstić information content (AvgIpc) is 3.01. The fourth-order valence-electron chi connectivity index (χ4n) is 2.79. The van der Waals surface area contributed by atoms with Gasteiger partial charge >= 0.3 is 5.97 Å². The van der Waals surface area contributed by atoms with E-state index in [9.17, 15) is 19.5 Å². The number of aromatic hydroxyl groups is 1. The molecule has 2 rings (SSSR count). The van der Waals surface area contributed by atoms with E-state index in [4.69, 9.17) is 9.47 Å². The summed E-state index contributed by atoms with van der Waals surface area (Å²) >= 11 is 0. The van der Waals surface area contributed by atoms with Crippen molar-refractivity contribution in [3.63, 3.8) is 0 Å². The van der Waals surface area contributed by atoms with Gasteiger partial charge in [0.25, 0.3) is 5.91 Å². The van der Waals surface area contributed by atoms with Crippen LogP contribution in [0.3, 0.4) is 0 Å². The van der Waals surface area contributed by atoms with Crippen molar-refractivity contribution in [1.29, 1.82) is 0 Å². The molecule has 1 aliphatic heterocycles. The van der Waals surface area contributed by atoms with E-state index in [-0.39, 0.29) is 42.6 Å². The van der Waals surface area contributed by atoms with Gasteiger partial charge in [-0.2, -0.15) is 0 Å². The Hall–Kier alpha value is -2.39. The van der Waals surface area contributed by atoms with Crippen LogP contribution < -0.4 is 4.74 Å². The summed E-state index contributed by atoms with van der Waals surface area (Å²) in [5.74, 6) is -1.77. The number of ether oxygens (including phenoxy) is 3. The van der Waals surface area contributed by atoms with E-state index in [0.717, 1.165) is 10.9 Å². The molecule has 1 saturated heterocycles. The van der Waals surface area contributed by atoms with Gasteiger partial charge < -0.3 is 24.2 Å². The minimum atomic E-state index is -1.23. The van der Waals surface area contributed by atoms with Crippen LogP contribution in [0.2, 0.25) is 25.7 Å². The molecule has 8 nitrogen and oxygen atoms in total. The first-order valence-electron chi connectivity index (χ1n) is 9.07. The minimum Gasteiger partial charge on any atom is -0.507 e. The Bertz CT molecular complexity index is 744. The lowest BCUT2D eigenvalue weighted by molar-refractivity contribution is -0.145. The number of carbonyl (C=O) groups is 3. The van der Waals surface area contributed by atoms with Gasteiger partial charge in [-0.3, -0.25) is 9.59 Å². The molecule has 0 unspecified atom stereocenters. The maximum absolute atomic E-state index is 13.0. The Morgan fingerprint density at radius 1 is 1.29 bits per heavy atom. The van der Waals surface area contributed by atoms with Gasteiger partial charge in [0.05, 0.1) is 13.7 Å². The molecule has 1 heterocycles. The van der Waals surface area contributed by atoms with Crippen molar-refractivity contribution >= 4 is 25.7 Å². The normalized spacial score (nSPS) is 16.9. The number of nitrogens with zero attached hydrogens (tertiary/aromatic N) is 1. The molecule has 0 aromatic heterocycles. The second-order valence-corrected chi connectivity index (χ2v) is 13.5. The van der Waals surface area contributed by atoms with Crippen LogP contribution in [0.1, 0.15) is 16.8 Å². The molecule has 0 saturated carbocycles. The molecule has 154 valence electrons. The number of hydrogen-bond donors (Lipinski definition) is 1. The third-order valence-corrected chi connectivity index (χ3v) is 6.09. The van der Waals surface area contributed by atoms with Crippen molar-refractivity contribution in [3.8, 4) is 11.5 Å². The number of methoxy groups -OCH3 is 1. The molecule has 1 aromatic rings. The quantitative estimate of drug-likeness (QED) is 0.303. The van der Waals surface area contributed by atoms with Crippen molar-refractivity contribution in [2.75, 3.05) is 27.1 Å². The van der Waals surface area contributed by atoms with Gasteiger partial charge in [-0.05, 0) is 18.2 Å². The van der Waals surface area contributed by atoms with Crippen molar-refractivity contribution in [2.24, 2.45) is 0 Å². The molecular weight excluding hydrogens is 382 g/mol. The molecule has 0 spiro atoms. The number of amides is 1. The summed E-state index contributed by atoms with van der Waals surface area (Å²) < 4.78 is 15.7. The van der Waals surface area contributed by atoms with Gasteiger partial charge in [0.15, 0.2) is 12.6 Å². The fraction of sp³-hybridized carbons (Fsp3) is 0.526. The van der Waals surface area contributed by atoms with Crippen LogP contribution in [0, 0.1) is 0 Å². The van der Waals surface area contributed by atoms with E-state index in [1.165, 1.54) is 25.3 Å². The first-order chi connectivity index (χ1) is 13.1. The lowest BCUT2D eigenvalue weighted by Crippen LogP contribution is -2.41. The summed E-state index contributed by atoms with van der Waals surface area (Å²) in [5, 5.41) is 10.2. The van der Waals surface area contributed by atoms with Gasteiger partial charge in [0.2, 0.25) is 0 Å². The fourth-order valence-corrected chi connectivity index (χ4v) is 3.55. The number of phenolic OH excluding ortho intramolecular Hbond substituents is 1. The van der Waals surface area contributed by atoms with Crippen molar-refractivity contribution in [2.45, 2.75) is 38.1 Å². The molecule has 1 atom stereocenters. The van der Waals surface area contributed by atoms with Crippen LogP contribution in [0.25, 0.3) is 0 Å². The van der Waals surface area contributed by atoms with Crippen molar-refractivity contribution in [3.05, 3.63) is 23.8 Å². The summed E-state index contributed by atoms with van der Waals surface area (Å²) in [6, 6.07) is 4.37. The molecular formula is C19H27NO7Si. The third kappa shape index (κ3) is 5.55. The number of esters is 1. The second-order valence-electron chi connectivity index (χ2n) is 7.85. The van der Waals surface area contributed by atoms with Crippen molar-refractivity contribution < 1.29 is 33.7 Å². The predicted molar refractivity (Wildman–Crippen MR) is 104 cm³/mol. The Balaban J connectivity index is 2.13. The topological polar surface area (TPSA) is 102 Å². The monoisotopic (exact) mass is 409 g/mol. The van der Waals surface area contributed by atoms with Crippen LogP contribution in [-0.2, 0) is 19.1 Å². The zero-order valence-corrected chi connectivity index (χ0v) is 17.7. The largest absolute Gasteiger partial charge is 0.507 e. The van der Waals surface area contributed by atoms with E-state index in [1.807, 2.05) is 0 Å². The number of likely N-dealkylation sites (tertiary alicyclic amines) is 1. The number of phenols is 1. The summed E-state index contributed by atoms with van der Waals surface area (Å²) in [6.45, 7) is 6.95. The van der Waals surface area contributed by atoms with Crippen LogP contribution in [0.5, 0.6) is 11.5 Å². The highest BCUT2D eigenvalue weighted by molar-refractivity contribution is 6.76. The van der Waals surface area contributed by atoms with E-state index in [0.29, 0.717) is 6.61 Å². The van der Waals surface area contributed by atoms with Crippen LogP contribution >= 0.6 is 0 Å². The van der Waals surface area contributed by atoms with E-state index in [2.05, 4.69) is 24.4 Å². The first kappa shape index (κ1) is 21.9. The average molecular weight is 410 g/mol. The second kappa shape index (κ2) is 9.20. The first-order valence-corrected chi connectivity index (χ1v) is 12.8. The summed E-state index contributed by atoms with van der Waals surface area (Å²) in [6.07, 6.45) is -0.109. The summed E-state index contributed by atoms with van der Waals surface area (Å²) in [4.78, 5) is 37.8. The van der Waals surface area contributed by atoms with Gasteiger partial charge in [0, 0.05) is 21.1 Å². The molecule has 1 aromatic carbocycles. The molecule has 1 fully saturated rings. The highest BCUT2D eigenvalue weighted by Gasteiger charge is 2.41. The van der Waals surface area contributed by atoms with Crippen molar-refractivity contribution in [1.82, 2.24) is 4.90 Å². The molecule has 1 N–H and O–H groups in total. The van der Waals surface area contributed by atoms with Gasteiger partial charge in [0.1, 0.15) is 23.1 Å². The molecule has 28 heavy (non-hydrogen) atoms. The third-order valence-electron chi connectivity index (χ3n) is 4.39. The molecule has 0 bridgehead atoms. The zero-order chi connectivity index (χ0) is 20.9. The molecule has 0 radical (unpaired) electrons. The number of hydrogen-bond acceptors (Lipinski definition) is 7. The number of benzene rings is 1. The number of carbonyl (C=O) groups excluding carboxylic acids is 3. The molecule has 1 amide bonds. The summed E-state index contributed by atoms with van der Waals surface area (Å²) in [7, 11) is -0.0333. The molecule has 9 heteroatoms. The van der Waals surface area contributed by atoms with Gasteiger partial charge in [-0.25, -0.2) is 4.79 Å². The van der Waals surface area contributed by atoms with E-state index in [1.54, 1.807) is 0 Å². The number of ketones is 1. The predicted octanol–water partition coefficient (Wildman–Crippen LogP) is 2.04. The standard InChI is InChI=1S/C19H27NO7Si/c1-25-19(24)14-10-13(21)11-20(14)18(23)17-15(22)6-5-7-16(17)27-12-26-8-9-28(2,3)4/h5-7,14,22H,8-12H2,1-4H3/t14-/m0/s1. The van der Waals surface area contributed by atoms with E-state index >= 15 is 0 Å². The van der Waals surface area contributed by atoms with Crippen LogP contribution in [-0.4, -0.2) is 68.8 Å². The Morgan fingerprint density at radius 3 is 2.64 bits per heavy atom. The highest BCUT2D eigenvalue weighted by Crippen LogP contribution is 2.31. The molecule has 0 aliphatic carbocycles. The smallest absolute Gasteiger partial charge is 0.329 e. The Kier molecular flexibility index (Phi) is 7.20. The highest BCUT2D eigenvalue weighted by atomic mass is 28.3. The van der Waals surface area contributed by atoms with E-state index < -0.39 is 26.0 Å². The maximum Gasteiger partial charge on any atom is 0.329 e. The van der Waals surface area contributed by atoms with Crippen LogP contribution in [0.15, 0.2) is 18.2 Å².